The summed E-state index contributed by atoms with van der Waals surface area (Å²) in [6.45, 7) is 2.88. The van der Waals surface area contributed by atoms with Crippen LogP contribution in [0.15, 0.2) is 127 Å². The summed E-state index contributed by atoms with van der Waals surface area (Å²) in [5.74, 6) is 1.05. The average molecular weight is 948 g/mol. The van der Waals surface area contributed by atoms with Gasteiger partial charge in [-0.1, -0.05) is 122 Å². The third kappa shape index (κ3) is 8.37. The van der Waals surface area contributed by atoms with E-state index in [0.717, 1.165) is 9.60 Å². The number of anilines is 2. The lowest BCUT2D eigenvalue weighted by Gasteiger charge is -2.46. The van der Waals surface area contributed by atoms with Gasteiger partial charge in [-0.05, 0) is 70.6 Å². The number of morpholine rings is 1. The van der Waals surface area contributed by atoms with Gasteiger partial charge in [-0.25, -0.2) is 19.5 Å². The zero-order valence-corrected chi connectivity index (χ0v) is 38.7. The van der Waals surface area contributed by atoms with Crippen molar-refractivity contribution >= 4 is 62.2 Å². The number of amides is 4. The molecule has 3 aliphatic heterocycles. The predicted octanol–water partition coefficient (Wildman–Crippen LogP) is 6.61. The van der Waals surface area contributed by atoms with Crippen molar-refractivity contribution in [1.29, 1.82) is 0 Å². The number of aliphatic hydroxyl groups excluding tert-OH is 2. The van der Waals surface area contributed by atoms with E-state index < -0.39 is 77.3 Å². The predicted molar refractivity (Wildman–Crippen MR) is 257 cm³/mol. The van der Waals surface area contributed by atoms with Crippen molar-refractivity contribution in [3.8, 4) is 17.6 Å². The number of aromatic nitrogens is 1. The van der Waals surface area contributed by atoms with Crippen LogP contribution in [-0.2, 0) is 34.1 Å². The summed E-state index contributed by atoms with van der Waals surface area (Å²) in [4.78, 5) is 83.8. The second-order valence-corrected chi connectivity index (χ2v) is 18.3. The molecule has 1 spiro atoms. The molecule has 4 N–H and O–H groups in total. The number of carbonyl (C=O) groups is 5. The molecule has 5 aromatic carbocycles. The van der Waals surface area contributed by atoms with Crippen LogP contribution in [0.3, 0.4) is 0 Å². The van der Waals surface area contributed by atoms with Gasteiger partial charge in [0.1, 0.15) is 36.0 Å². The van der Waals surface area contributed by atoms with E-state index in [0.29, 0.717) is 33.5 Å². The number of rotatable bonds is 12. The van der Waals surface area contributed by atoms with Gasteiger partial charge in [0.15, 0.2) is 5.13 Å². The molecule has 15 nitrogen and oxygen atoms in total. The number of para-hydroxylation sites is 1. The van der Waals surface area contributed by atoms with Gasteiger partial charge in [-0.2, -0.15) is 0 Å². The maximum absolute atomic E-state index is 16.6. The standard InChI is InChI=1S/C53H49N5O10S/c1-31(2)42(48(62)66-3)55-52(65)57-39-25-24-32(15-12-13-26-59)29-37(39)53(50(57)64)41(47(61)56-51-54-38-22-10-11-23-40(38)69-51)44-49(63)68-45(34-18-8-5-9-19-34)43(33-16-6-4-7-17-33)58(44)46(53)35-20-14-21-36(30-35)67-28-27-60/h4-11,14,16-25,29-31,41-46,59-60H,13,26-28H2,1-3H3,(H,55,65)(H,54,56,61)/t41-,42+,43-,44-,45+,46+,53-/m1/s1. The Hall–Kier alpha value is -7.42. The SMILES string of the molecule is COC(=O)[C@@H](NC(=O)N1C(=O)[C@@]2(c3cc(C#CCCO)ccc31)[C@H](c1cccc(OCCO)c1)N1[C@H](c3ccccc3)[C@H](c3ccccc3)OC(=O)[C@H]1[C@@H]2C(=O)Nc1nc2ccccc2s1)C(C)C. The van der Waals surface area contributed by atoms with Crippen molar-refractivity contribution in [2.24, 2.45) is 11.8 Å². The molecule has 1 aromatic heterocycles. The van der Waals surface area contributed by atoms with Gasteiger partial charge in [0, 0.05) is 12.0 Å². The van der Waals surface area contributed by atoms with E-state index in [-0.39, 0.29) is 42.6 Å². The fourth-order valence-electron chi connectivity index (χ4n) is 10.1. The molecule has 0 saturated carbocycles. The first-order valence-corrected chi connectivity index (χ1v) is 23.4. The maximum atomic E-state index is 16.6. The second kappa shape index (κ2) is 19.7. The summed E-state index contributed by atoms with van der Waals surface area (Å²) in [5, 5.41) is 25.4. The number of aliphatic hydroxyl groups is 2. The number of nitrogens with zero attached hydrogens (tertiary/aromatic N) is 3. The Labute approximate surface area is 402 Å². The van der Waals surface area contributed by atoms with E-state index in [1.54, 1.807) is 62.4 Å². The van der Waals surface area contributed by atoms with Gasteiger partial charge >= 0.3 is 18.0 Å². The minimum Gasteiger partial charge on any atom is -0.491 e. The van der Waals surface area contributed by atoms with E-state index in [4.69, 9.17) is 19.2 Å². The maximum Gasteiger partial charge on any atom is 0.329 e. The highest BCUT2D eigenvalue weighted by atomic mass is 32.1. The molecule has 6 aromatic rings. The number of esters is 2. The molecule has 0 radical (unpaired) electrons. The third-order valence-electron chi connectivity index (χ3n) is 12.9. The van der Waals surface area contributed by atoms with Gasteiger partial charge in [-0.15, -0.1) is 0 Å². The number of hydrogen-bond acceptors (Lipinski definition) is 13. The van der Waals surface area contributed by atoms with E-state index in [9.17, 15) is 15.0 Å². The number of nitrogens with one attached hydrogen (secondary N) is 2. The summed E-state index contributed by atoms with van der Waals surface area (Å²) < 4.78 is 18.4. The molecule has 9 rings (SSSR count). The quantitative estimate of drug-likeness (QED) is 0.0758. The fraction of sp³-hybridized carbons (Fsp3) is 0.283. The number of hydrogen-bond donors (Lipinski definition) is 4. The number of imide groups is 1. The van der Waals surface area contributed by atoms with Crippen molar-refractivity contribution < 1.29 is 48.4 Å². The minimum atomic E-state index is -2.17. The number of benzene rings is 5. The van der Waals surface area contributed by atoms with Crippen molar-refractivity contribution in [1.82, 2.24) is 15.2 Å². The summed E-state index contributed by atoms with van der Waals surface area (Å²) in [6, 6.07) is 31.9. The number of thiazole rings is 1. The highest BCUT2D eigenvalue weighted by Crippen LogP contribution is 2.66. The van der Waals surface area contributed by atoms with Crippen LogP contribution in [0.25, 0.3) is 10.2 Å². The van der Waals surface area contributed by atoms with Gasteiger partial charge in [0.2, 0.25) is 11.8 Å². The molecule has 0 unspecified atom stereocenters. The van der Waals surface area contributed by atoms with Crippen LogP contribution < -0.4 is 20.3 Å². The van der Waals surface area contributed by atoms with Crippen LogP contribution in [0.5, 0.6) is 5.75 Å². The Balaban J connectivity index is 1.37. The zero-order chi connectivity index (χ0) is 48.4. The van der Waals surface area contributed by atoms with Crippen LogP contribution in [0.4, 0.5) is 15.6 Å². The Morgan fingerprint density at radius 3 is 2.26 bits per heavy atom. The lowest BCUT2D eigenvalue weighted by Crippen LogP contribution is -2.57. The average Bonchev–Trinajstić information content (AvgIpc) is 4.00. The molecule has 16 heteroatoms. The lowest BCUT2D eigenvalue weighted by molar-refractivity contribution is -0.177. The molecule has 4 amide bonds. The van der Waals surface area contributed by atoms with Gasteiger partial charge in [0.25, 0.3) is 0 Å². The number of fused-ring (bicyclic) bond motifs is 4. The van der Waals surface area contributed by atoms with Crippen molar-refractivity contribution in [3.63, 3.8) is 0 Å². The van der Waals surface area contributed by atoms with Crippen LogP contribution >= 0.6 is 11.3 Å². The fourth-order valence-corrected chi connectivity index (χ4v) is 10.9. The lowest BCUT2D eigenvalue weighted by atomic mass is 9.65. The number of methoxy groups -OCH3 is 1. The van der Waals surface area contributed by atoms with Crippen LogP contribution in [0, 0.1) is 23.7 Å². The van der Waals surface area contributed by atoms with Gasteiger partial charge in [0.05, 0.1) is 54.2 Å². The number of ether oxygens (including phenoxy) is 3. The molecular formula is C53H49N5O10S. The Kier molecular flexibility index (Phi) is 13.3. The minimum absolute atomic E-state index is 0.0589. The van der Waals surface area contributed by atoms with Crippen LogP contribution in [-0.4, -0.2) is 88.9 Å². The molecular weight excluding hydrogens is 899 g/mol. The molecule has 352 valence electrons. The van der Waals surface area contributed by atoms with Crippen LogP contribution in [0.1, 0.15) is 66.3 Å². The first kappa shape index (κ1) is 46.7. The molecule has 2 saturated heterocycles. The van der Waals surface area contributed by atoms with E-state index in [1.165, 1.54) is 18.4 Å². The van der Waals surface area contributed by atoms with Crippen molar-refractivity contribution in [3.05, 3.63) is 155 Å². The summed E-state index contributed by atoms with van der Waals surface area (Å²) in [5.41, 5.74) is 0.897. The second-order valence-electron chi connectivity index (χ2n) is 17.2. The molecule has 7 atom stereocenters. The summed E-state index contributed by atoms with van der Waals surface area (Å²) in [7, 11) is 1.20. The Morgan fingerprint density at radius 2 is 1.57 bits per heavy atom. The Morgan fingerprint density at radius 1 is 0.855 bits per heavy atom. The van der Waals surface area contributed by atoms with Crippen molar-refractivity contribution in [2.45, 2.75) is 56.0 Å². The van der Waals surface area contributed by atoms with Crippen molar-refractivity contribution in [2.75, 3.05) is 37.1 Å². The largest absolute Gasteiger partial charge is 0.491 e. The highest BCUT2D eigenvalue weighted by molar-refractivity contribution is 7.22. The summed E-state index contributed by atoms with van der Waals surface area (Å²) in [6.07, 6.45) is -0.841. The zero-order valence-electron chi connectivity index (χ0n) is 37.9. The first-order chi connectivity index (χ1) is 33.5. The topological polar surface area (TPSA) is 197 Å². The highest BCUT2D eigenvalue weighted by Gasteiger charge is 2.75. The molecule has 0 bridgehead atoms. The first-order valence-electron chi connectivity index (χ1n) is 22.6. The number of carbonyl (C=O) groups excluding carboxylic acids is 5. The summed E-state index contributed by atoms with van der Waals surface area (Å²) >= 11 is 1.22. The molecule has 0 aliphatic carbocycles. The van der Waals surface area contributed by atoms with Crippen LogP contribution in [0.2, 0.25) is 0 Å². The third-order valence-corrected chi connectivity index (χ3v) is 13.8. The normalized spacial score (nSPS) is 22.1. The monoisotopic (exact) mass is 947 g/mol. The number of urea groups is 1. The van der Waals surface area contributed by atoms with E-state index in [1.807, 2.05) is 83.8 Å². The number of cyclic esters (lactones) is 1. The smallest absolute Gasteiger partial charge is 0.329 e. The molecule has 2 fully saturated rings. The van der Waals surface area contributed by atoms with Gasteiger partial charge in [-0.3, -0.25) is 19.3 Å². The van der Waals surface area contributed by atoms with Gasteiger partial charge < -0.3 is 35.1 Å². The molecule has 69 heavy (non-hydrogen) atoms. The van der Waals surface area contributed by atoms with E-state index in [2.05, 4.69) is 22.5 Å². The van der Waals surface area contributed by atoms with E-state index >= 15 is 19.2 Å². The molecule has 4 heterocycles. The molecule has 3 aliphatic rings. The Bertz CT molecular complexity index is 2960.